The monoisotopic (exact) mass is 459 g/mol. The Balaban J connectivity index is 1.44. The lowest BCUT2D eigenvalue weighted by atomic mass is 10.1. The summed E-state index contributed by atoms with van der Waals surface area (Å²) >= 11 is 0. The molecule has 0 saturated carbocycles. The number of ether oxygens (including phenoxy) is 2. The quantitative estimate of drug-likeness (QED) is 0.282. The number of aliphatic hydroxyl groups is 3. The summed E-state index contributed by atoms with van der Waals surface area (Å²) in [7, 11) is 0. The van der Waals surface area contributed by atoms with Gasteiger partial charge in [-0.25, -0.2) is 4.98 Å². The van der Waals surface area contributed by atoms with Crippen LogP contribution < -0.4 is 10.5 Å². The first-order valence-electron chi connectivity index (χ1n) is 10.4. The summed E-state index contributed by atoms with van der Waals surface area (Å²) in [6, 6.07) is 7.62. The zero-order valence-electron chi connectivity index (χ0n) is 17.6. The second-order valence-electron chi connectivity index (χ2n) is 7.75. The lowest BCUT2D eigenvalue weighted by Gasteiger charge is -2.16. The number of aromatic nitrogens is 4. The van der Waals surface area contributed by atoms with Crippen molar-refractivity contribution in [3.63, 3.8) is 0 Å². The molecule has 3 aromatic rings. The van der Waals surface area contributed by atoms with Crippen molar-refractivity contribution >= 4 is 23.0 Å². The van der Waals surface area contributed by atoms with Crippen molar-refractivity contribution in [2.45, 2.75) is 43.8 Å². The van der Waals surface area contributed by atoms with Crippen LogP contribution in [0.2, 0.25) is 0 Å². The minimum atomic E-state index is -1.29. The molecule has 0 radical (unpaired) electrons. The number of imidazole rings is 1. The van der Waals surface area contributed by atoms with E-state index in [0.717, 1.165) is 11.1 Å². The first kappa shape index (κ1) is 22.9. The average Bonchev–Trinajstić information content (AvgIpc) is 3.34. The standard InChI is InChI=1S/C21H25N5O7/c22-18-15-19(26(10-23-15)20-17(31)16(30)13(9-27)33-20)25-21(24-18)32-8-7-12-3-1-11(2-4-12)5-6-14(28)29/h1-4,10,13,16-17,20,27,30-31H,5-9H2,(H,28,29)(H2,22,24,25)/t13-,16-,17-,20-/m1/s1. The summed E-state index contributed by atoms with van der Waals surface area (Å²) in [4.78, 5) is 23.3. The molecule has 12 heteroatoms. The van der Waals surface area contributed by atoms with Gasteiger partial charge in [-0.3, -0.25) is 9.36 Å². The van der Waals surface area contributed by atoms with Crippen LogP contribution >= 0.6 is 0 Å². The third-order valence-electron chi connectivity index (χ3n) is 5.49. The van der Waals surface area contributed by atoms with Gasteiger partial charge in [0.2, 0.25) is 0 Å². The smallest absolute Gasteiger partial charge is 0.320 e. The van der Waals surface area contributed by atoms with Gasteiger partial charge in [0.05, 0.1) is 19.5 Å². The maximum Gasteiger partial charge on any atom is 0.320 e. The van der Waals surface area contributed by atoms with Crippen LogP contribution in [-0.4, -0.2) is 77.4 Å². The van der Waals surface area contributed by atoms with E-state index in [1.165, 1.54) is 10.9 Å². The first-order chi connectivity index (χ1) is 15.9. The number of carboxylic acids is 1. The molecule has 1 aliphatic rings. The Bertz CT molecular complexity index is 1120. The molecule has 2 aromatic heterocycles. The zero-order valence-corrected chi connectivity index (χ0v) is 17.6. The number of carbonyl (C=O) groups is 1. The molecule has 3 heterocycles. The molecule has 176 valence electrons. The van der Waals surface area contributed by atoms with E-state index in [1.54, 1.807) is 0 Å². The molecule has 33 heavy (non-hydrogen) atoms. The summed E-state index contributed by atoms with van der Waals surface area (Å²) in [5, 5.41) is 38.4. The van der Waals surface area contributed by atoms with E-state index in [9.17, 15) is 20.1 Å². The van der Waals surface area contributed by atoms with E-state index in [2.05, 4.69) is 15.0 Å². The number of nitrogens with zero attached hydrogens (tertiary/aromatic N) is 4. The number of nitrogens with two attached hydrogens (primary N) is 1. The minimum absolute atomic E-state index is 0.0200. The molecule has 12 nitrogen and oxygen atoms in total. The summed E-state index contributed by atoms with van der Waals surface area (Å²) in [5.74, 6) is -0.744. The van der Waals surface area contributed by atoms with Crippen molar-refractivity contribution < 1.29 is 34.7 Å². The molecule has 6 N–H and O–H groups in total. The van der Waals surface area contributed by atoms with Crippen LogP contribution in [0.15, 0.2) is 30.6 Å². The summed E-state index contributed by atoms with van der Waals surface area (Å²) in [5.41, 5.74) is 8.49. The van der Waals surface area contributed by atoms with Crippen LogP contribution in [0.3, 0.4) is 0 Å². The number of aliphatic carboxylic acids is 1. The van der Waals surface area contributed by atoms with E-state index >= 15 is 0 Å². The van der Waals surface area contributed by atoms with Gasteiger partial charge in [-0.2, -0.15) is 9.97 Å². The highest BCUT2D eigenvalue weighted by molar-refractivity contribution is 5.82. The highest BCUT2D eigenvalue weighted by Gasteiger charge is 2.44. The van der Waals surface area contributed by atoms with E-state index in [0.29, 0.717) is 12.8 Å². The molecule has 1 saturated heterocycles. The van der Waals surface area contributed by atoms with Gasteiger partial charge < -0.3 is 35.6 Å². The van der Waals surface area contributed by atoms with Crippen molar-refractivity contribution in [1.29, 1.82) is 0 Å². The Morgan fingerprint density at radius 1 is 1.12 bits per heavy atom. The van der Waals surface area contributed by atoms with E-state index < -0.39 is 37.1 Å². The van der Waals surface area contributed by atoms with Crippen molar-refractivity contribution in [3.05, 3.63) is 41.7 Å². The topological polar surface area (TPSA) is 186 Å². The number of anilines is 1. The highest BCUT2D eigenvalue weighted by Crippen LogP contribution is 2.32. The fraction of sp³-hybridized carbons (Fsp3) is 0.429. The molecule has 0 aliphatic carbocycles. The van der Waals surface area contributed by atoms with Crippen LogP contribution in [0.4, 0.5) is 5.82 Å². The second kappa shape index (κ2) is 9.67. The predicted molar refractivity (Wildman–Crippen MR) is 114 cm³/mol. The molecule has 4 rings (SSSR count). The number of benzene rings is 1. The van der Waals surface area contributed by atoms with Gasteiger partial charge in [0.25, 0.3) is 0 Å². The number of hydrogen-bond acceptors (Lipinski definition) is 10. The molecule has 0 unspecified atom stereocenters. The molecule has 0 bridgehead atoms. The molecule has 4 atom stereocenters. The minimum Gasteiger partial charge on any atom is -0.481 e. The maximum atomic E-state index is 10.7. The fourth-order valence-corrected chi connectivity index (χ4v) is 3.66. The molecule has 1 fully saturated rings. The number of rotatable bonds is 9. The van der Waals surface area contributed by atoms with Gasteiger partial charge in [-0.15, -0.1) is 0 Å². The molecule has 1 aromatic carbocycles. The van der Waals surface area contributed by atoms with Gasteiger partial charge in [0.15, 0.2) is 23.2 Å². The number of aryl methyl sites for hydroxylation is 1. The highest BCUT2D eigenvalue weighted by atomic mass is 16.6. The second-order valence-corrected chi connectivity index (χ2v) is 7.75. The summed E-state index contributed by atoms with van der Waals surface area (Å²) < 4.78 is 12.6. The van der Waals surface area contributed by atoms with E-state index in [4.69, 9.17) is 20.3 Å². The average molecular weight is 459 g/mol. The third-order valence-corrected chi connectivity index (χ3v) is 5.49. The van der Waals surface area contributed by atoms with Crippen LogP contribution in [-0.2, 0) is 22.4 Å². The van der Waals surface area contributed by atoms with Crippen LogP contribution in [0.25, 0.3) is 11.2 Å². The Morgan fingerprint density at radius 3 is 2.45 bits per heavy atom. The lowest BCUT2D eigenvalue weighted by molar-refractivity contribution is -0.136. The SMILES string of the molecule is Nc1nc(OCCc2ccc(CCC(=O)O)cc2)nc2c1ncn2[C@@H]1O[C@H](CO)[C@@H](O)[C@H]1O. The lowest BCUT2D eigenvalue weighted by Crippen LogP contribution is -2.33. The van der Waals surface area contributed by atoms with Gasteiger partial charge >= 0.3 is 12.0 Å². The van der Waals surface area contributed by atoms with Gasteiger partial charge in [0.1, 0.15) is 18.3 Å². The van der Waals surface area contributed by atoms with Crippen LogP contribution in [0, 0.1) is 0 Å². The summed E-state index contributed by atoms with van der Waals surface area (Å²) in [6.07, 6.45) is -2.01. The Kier molecular flexibility index (Phi) is 6.70. The number of nitrogen functional groups attached to an aromatic ring is 1. The van der Waals surface area contributed by atoms with Crippen molar-refractivity contribution in [2.24, 2.45) is 0 Å². The Hall–Kier alpha value is -3.32. The van der Waals surface area contributed by atoms with E-state index in [1.807, 2.05) is 24.3 Å². The normalized spacial score (nSPS) is 22.6. The first-order valence-corrected chi connectivity index (χ1v) is 10.4. The molecular formula is C21H25N5O7. The number of aliphatic hydroxyl groups excluding tert-OH is 3. The fourth-order valence-electron chi connectivity index (χ4n) is 3.66. The van der Waals surface area contributed by atoms with Crippen LogP contribution in [0.5, 0.6) is 6.01 Å². The zero-order chi connectivity index (χ0) is 23.5. The van der Waals surface area contributed by atoms with Crippen LogP contribution in [0.1, 0.15) is 23.8 Å². The Labute approximate surface area is 188 Å². The molecule has 0 spiro atoms. The molecule has 1 aliphatic heterocycles. The number of hydrogen-bond donors (Lipinski definition) is 5. The predicted octanol–water partition coefficient (Wildman–Crippen LogP) is -0.341. The Morgan fingerprint density at radius 2 is 1.82 bits per heavy atom. The largest absolute Gasteiger partial charge is 0.481 e. The van der Waals surface area contributed by atoms with Crippen molar-refractivity contribution in [3.8, 4) is 6.01 Å². The third kappa shape index (κ3) is 4.88. The van der Waals surface area contributed by atoms with E-state index in [-0.39, 0.29) is 36.0 Å². The van der Waals surface area contributed by atoms with Crippen molar-refractivity contribution in [2.75, 3.05) is 18.9 Å². The van der Waals surface area contributed by atoms with Gasteiger partial charge in [-0.1, -0.05) is 24.3 Å². The molecular weight excluding hydrogens is 434 g/mol. The number of carboxylic acid groups (broad SMARTS) is 1. The van der Waals surface area contributed by atoms with Crippen molar-refractivity contribution in [1.82, 2.24) is 19.5 Å². The van der Waals surface area contributed by atoms with Gasteiger partial charge in [0, 0.05) is 12.8 Å². The molecule has 0 amide bonds. The number of fused-ring (bicyclic) bond motifs is 1. The van der Waals surface area contributed by atoms with Gasteiger partial charge in [-0.05, 0) is 17.5 Å². The maximum absolute atomic E-state index is 10.7. The summed E-state index contributed by atoms with van der Waals surface area (Å²) in [6.45, 7) is -0.186.